The van der Waals surface area contributed by atoms with Crippen molar-refractivity contribution in [3.63, 3.8) is 0 Å². The molecule has 3 aromatic carbocycles. The Morgan fingerprint density at radius 1 is 0.971 bits per heavy atom. The number of carbonyl (C=O) groups excluding carboxylic acids is 1. The number of aryl methyl sites for hydroxylation is 1. The highest BCUT2D eigenvalue weighted by atomic mass is 35.5. The van der Waals surface area contributed by atoms with Crippen molar-refractivity contribution in [2.24, 2.45) is 5.92 Å². The van der Waals surface area contributed by atoms with Crippen LogP contribution in [-0.2, 0) is 17.9 Å². The maximum atomic E-state index is 12.8. The zero-order valence-corrected chi connectivity index (χ0v) is 20.1. The second-order valence-electron chi connectivity index (χ2n) is 9.08. The van der Waals surface area contributed by atoms with E-state index in [0.29, 0.717) is 0 Å². The molecule has 0 radical (unpaired) electrons. The summed E-state index contributed by atoms with van der Waals surface area (Å²) in [5, 5.41) is 3.86. The quantitative estimate of drug-likeness (QED) is 0.380. The zero-order valence-electron chi connectivity index (χ0n) is 19.4. The number of carbonyl (C=O) groups is 1. The summed E-state index contributed by atoms with van der Waals surface area (Å²) in [6.07, 6.45) is 1.71. The predicted molar refractivity (Wildman–Crippen MR) is 138 cm³/mol. The van der Waals surface area contributed by atoms with Gasteiger partial charge >= 0.3 is 0 Å². The van der Waals surface area contributed by atoms with Crippen LogP contribution in [0.2, 0.25) is 5.02 Å². The first-order valence-corrected chi connectivity index (χ1v) is 12.2. The number of aromatic nitrogens is 2. The number of piperidine rings is 1. The summed E-state index contributed by atoms with van der Waals surface area (Å²) in [5.74, 6) is 1.23. The van der Waals surface area contributed by atoms with Gasteiger partial charge in [-0.05, 0) is 74.3 Å². The van der Waals surface area contributed by atoms with E-state index in [9.17, 15) is 4.79 Å². The van der Waals surface area contributed by atoms with E-state index in [1.54, 1.807) is 0 Å². The number of nitrogens with one attached hydrogen (secondary N) is 1. The minimum Gasteiger partial charge on any atom is -0.326 e. The number of para-hydroxylation sites is 3. The minimum atomic E-state index is 0.0451. The molecule has 174 valence electrons. The van der Waals surface area contributed by atoms with E-state index in [0.717, 1.165) is 72.2 Å². The van der Waals surface area contributed by atoms with E-state index in [2.05, 4.69) is 45.1 Å². The molecule has 4 aromatic rings. The van der Waals surface area contributed by atoms with Crippen LogP contribution in [-0.4, -0.2) is 33.4 Å². The molecule has 5 rings (SSSR count). The van der Waals surface area contributed by atoms with Gasteiger partial charge in [-0.25, -0.2) is 4.98 Å². The Morgan fingerprint density at radius 2 is 1.68 bits per heavy atom. The molecule has 5 nitrogen and oxygen atoms in total. The van der Waals surface area contributed by atoms with E-state index < -0.39 is 0 Å². The van der Waals surface area contributed by atoms with Gasteiger partial charge in [-0.1, -0.05) is 54.1 Å². The molecule has 0 spiro atoms. The van der Waals surface area contributed by atoms with Gasteiger partial charge < -0.3 is 9.88 Å². The van der Waals surface area contributed by atoms with Crippen molar-refractivity contribution in [3.05, 3.63) is 94.8 Å². The van der Waals surface area contributed by atoms with Crippen molar-refractivity contribution in [1.82, 2.24) is 14.5 Å². The fourth-order valence-electron chi connectivity index (χ4n) is 4.70. The Balaban J connectivity index is 1.26. The molecule has 0 bridgehead atoms. The smallest absolute Gasteiger partial charge is 0.227 e. The van der Waals surface area contributed by atoms with E-state index in [1.165, 1.54) is 5.56 Å². The topological polar surface area (TPSA) is 50.2 Å². The molecule has 1 saturated heterocycles. The second-order valence-corrected chi connectivity index (χ2v) is 9.52. The lowest BCUT2D eigenvalue weighted by Crippen LogP contribution is -2.38. The largest absolute Gasteiger partial charge is 0.326 e. The van der Waals surface area contributed by atoms with Gasteiger partial charge in [0.25, 0.3) is 0 Å². The van der Waals surface area contributed by atoms with Crippen molar-refractivity contribution in [2.75, 3.05) is 18.4 Å². The number of benzene rings is 3. The molecule has 34 heavy (non-hydrogen) atoms. The zero-order chi connectivity index (χ0) is 23.5. The summed E-state index contributed by atoms with van der Waals surface area (Å²) >= 11 is 6.08. The van der Waals surface area contributed by atoms with Crippen LogP contribution in [0.1, 0.15) is 29.8 Å². The Morgan fingerprint density at radius 3 is 2.44 bits per heavy atom. The van der Waals surface area contributed by atoms with Crippen molar-refractivity contribution < 1.29 is 4.79 Å². The van der Waals surface area contributed by atoms with Crippen molar-refractivity contribution in [3.8, 4) is 0 Å². The first-order chi connectivity index (χ1) is 16.6. The van der Waals surface area contributed by atoms with Gasteiger partial charge in [0.05, 0.1) is 17.6 Å². The van der Waals surface area contributed by atoms with Crippen LogP contribution < -0.4 is 5.32 Å². The molecular weight excluding hydrogens is 444 g/mol. The summed E-state index contributed by atoms with van der Waals surface area (Å²) in [6, 6.07) is 24.2. The third-order valence-corrected chi connectivity index (χ3v) is 6.97. The molecule has 0 atom stereocenters. The predicted octanol–water partition coefficient (Wildman–Crippen LogP) is 5.90. The number of halogens is 1. The van der Waals surface area contributed by atoms with Gasteiger partial charge in [0.1, 0.15) is 5.82 Å². The Labute approximate surface area is 205 Å². The SMILES string of the molecule is Cc1ccccc1NC(=O)C1CCN(Cc2nc3ccccc3n2Cc2ccc(Cl)cc2)CC1. The number of fused-ring (bicyclic) bond motifs is 1. The van der Waals surface area contributed by atoms with Crippen molar-refractivity contribution >= 4 is 34.2 Å². The average molecular weight is 473 g/mol. The lowest BCUT2D eigenvalue weighted by Gasteiger charge is -2.31. The number of anilines is 1. The van der Waals surface area contributed by atoms with Gasteiger partial charge in [-0.3, -0.25) is 9.69 Å². The number of likely N-dealkylation sites (tertiary alicyclic amines) is 1. The summed E-state index contributed by atoms with van der Waals surface area (Å²) in [6.45, 7) is 5.32. The number of imidazole rings is 1. The molecule has 2 heterocycles. The van der Waals surface area contributed by atoms with Crippen LogP contribution in [0.15, 0.2) is 72.8 Å². The maximum Gasteiger partial charge on any atom is 0.227 e. The van der Waals surface area contributed by atoms with Crippen LogP contribution in [0.4, 0.5) is 5.69 Å². The van der Waals surface area contributed by atoms with E-state index in [-0.39, 0.29) is 11.8 Å². The number of amides is 1. The van der Waals surface area contributed by atoms with Crippen molar-refractivity contribution in [1.29, 1.82) is 0 Å². The lowest BCUT2D eigenvalue weighted by molar-refractivity contribution is -0.121. The van der Waals surface area contributed by atoms with Gasteiger partial charge in [0.15, 0.2) is 0 Å². The number of hydrogen-bond donors (Lipinski definition) is 1. The molecule has 1 amide bonds. The average Bonchev–Trinajstić information content (AvgIpc) is 3.19. The summed E-state index contributed by atoms with van der Waals surface area (Å²) in [5.41, 5.74) is 5.35. The van der Waals surface area contributed by atoms with Crippen LogP contribution in [0, 0.1) is 12.8 Å². The molecular formula is C28H29ClN4O. The van der Waals surface area contributed by atoms with Crippen LogP contribution in [0.3, 0.4) is 0 Å². The monoisotopic (exact) mass is 472 g/mol. The molecule has 0 aliphatic carbocycles. The maximum absolute atomic E-state index is 12.8. The first kappa shape index (κ1) is 22.6. The molecule has 1 aromatic heterocycles. The Hall–Kier alpha value is -3.15. The third kappa shape index (κ3) is 5.01. The van der Waals surface area contributed by atoms with Gasteiger partial charge in [0, 0.05) is 23.2 Å². The van der Waals surface area contributed by atoms with E-state index in [4.69, 9.17) is 16.6 Å². The number of nitrogens with zero attached hydrogens (tertiary/aromatic N) is 3. The highest BCUT2D eigenvalue weighted by molar-refractivity contribution is 6.30. The summed E-state index contributed by atoms with van der Waals surface area (Å²) < 4.78 is 2.30. The summed E-state index contributed by atoms with van der Waals surface area (Å²) in [4.78, 5) is 20.2. The Kier molecular flexibility index (Phi) is 6.66. The second kappa shape index (κ2) is 10.00. The Bertz CT molecular complexity index is 1290. The molecule has 1 N–H and O–H groups in total. The molecule has 0 saturated carbocycles. The van der Waals surface area contributed by atoms with E-state index >= 15 is 0 Å². The first-order valence-electron chi connectivity index (χ1n) is 11.8. The van der Waals surface area contributed by atoms with Crippen LogP contribution >= 0.6 is 11.6 Å². The number of rotatable bonds is 6. The number of hydrogen-bond acceptors (Lipinski definition) is 3. The third-order valence-electron chi connectivity index (χ3n) is 6.71. The lowest BCUT2D eigenvalue weighted by atomic mass is 9.95. The molecule has 1 aliphatic rings. The highest BCUT2D eigenvalue weighted by Crippen LogP contribution is 2.24. The molecule has 0 unspecified atom stereocenters. The van der Waals surface area contributed by atoms with E-state index in [1.807, 2.05) is 49.4 Å². The van der Waals surface area contributed by atoms with Crippen LogP contribution in [0.25, 0.3) is 11.0 Å². The molecule has 1 aliphatic heterocycles. The van der Waals surface area contributed by atoms with Gasteiger partial charge in [-0.15, -0.1) is 0 Å². The fraction of sp³-hybridized carbons (Fsp3) is 0.286. The molecule has 1 fully saturated rings. The summed E-state index contributed by atoms with van der Waals surface area (Å²) in [7, 11) is 0. The fourth-order valence-corrected chi connectivity index (χ4v) is 4.82. The highest BCUT2D eigenvalue weighted by Gasteiger charge is 2.26. The normalized spacial score (nSPS) is 15.0. The van der Waals surface area contributed by atoms with Gasteiger partial charge in [-0.2, -0.15) is 0 Å². The standard InChI is InChI=1S/C28H29ClN4O/c1-20-6-2-3-7-24(20)31-28(34)22-14-16-32(17-15-22)19-27-30-25-8-4-5-9-26(25)33(27)18-21-10-12-23(29)13-11-21/h2-13,22H,14-19H2,1H3,(H,31,34). The van der Waals surface area contributed by atoms with Gasteiger partial charge in [0.2, 0.25) is 5.91 Å². The molecule has 6 heteroatoms. The van der Waals surface area contributed by atoms with Crippen LogP contribution in [0.5, 0.6) is 0 Å². The minimum absolute atomic E-state index is 0.0451. The van der Waals surface area contributed by atoms with Crippen molar-refractivity contribution in [2.45, 2.75) is 32.9 Å².